The number of carboxylic acid groups (broad SMARTS) is 1. The first-order valence-electron chi connectivity index (χ1n) is 9.50. The summed E-state index contributed by atoms with van der Waals surface area (Å²) in [6, 6.07) is -0.543. The Hall–Kier alpha value is -2.61. The Kier molecular flexibility index (Phi) is 5.60. The molecule has 2 saturated heterocycles. The van der Waals surface area contributed by atoms with Gasteiger partial charge in [0.1, 0.15) is 12.3 Å². The van der Waals surface area contributed by atoms with Gasteiger partial charge in [-0.25, -0.2) is 9.59 Å². The van der Waals surface area contributed by atoms with Gasteiger partial charge in [-0.1, -0.05) is 31.7 Å². The zero-order valence-corrected chi connectivity index (χ0v) is 16.1. The standard InChI is InChI=1S/C20H26N2O6/c1-4-10-28-20(27)21-9-5-6-13(21)7-8-14-11(2)16-15(12(3)23)18(24)22(16)17(14)19(25)26/h4,7-8,11-13,15-16,23H,1,5-6,9-10H2,2-3H3,(H,25,26)/b8-7+/t11-,12+,13-,15+,16+/m0/s1. The molecule has 0 spiro atoms. The van der Waals surface area contributed by atoms with Gasteiger partial charge in [-0.2, -0.15) is 0 Å². The quantitative estimate of drug-likeness (QED) is 0.526. The van der Waals surface area contributed by atoms with Gasteiger partial charge in [-0.3, -0.25) is 4.79 Å². The fraction of sp³-hybridized carbons (Fsp3) is 0.550. The lowest BCUT2D eigenvalue weighted by Gasteiger charge is -2.46. The van der Waals surface area contributed by atoms with Crippen molar-refractivity contribution in [2.24, 2.45) is 11.8 Å². The molecular formula is C20H26N2O6. The molecule has 3 aliphatic rings. The summed E-state index contributed by atoms with van der Waals surface area (Å²) in [5, 5.41) is 19.5. The molecule has 152 valence electrons. The molecule has 3 aliphatic heterocycles. The first-order valence-corrected chi connectivity index (χ1v) is 9.50. The number of carbonyl (C=O) groups is 3. The molecule has 28 heavy (non-hydrogen) atoms. The van der Waals surface area contributed by atoms with Crippen LogP contribution in [0.2, 0.25) is 0 Å². The summed E-state index contributed by atoms with van der Waals surface area (Å²) in [6.45, 7) is 7.64. The van der Waals surface area contributed by atoms with Crippen LogP contribution < -0.4 is 0 Å². The van der Waals surface area contributed by atoms with Crippen molar-refractivity contribution >= 4 is 18.0 Å². The Bertz CT molecular complexity index is 756. The molecule has 8 nitrogen and oxygen atoms in total. The molecule has 0 aromatic carbocycles. The summed E-state index contributed by atoms with van der Waals surface area (Å²) in [5.74, 6) is -2.34. The topological polar surface area (TPSA) is 107 Å². The van der Waals surface area contributed by atoms with Gasteiger partial charge >= 0.3 is 12.1 Å². The summed E-state index contributed by atoms with van der Waals surface area (Å²) in [7, 11) is 0. The Labute approximate surface area is 163 Å². The highest BCUT2D eigenvalue weighted by molar-refractivity contribution is 6.00. The summed E-state index contributed by atoms with van der Waals surface area (Å²) >= 11 is 0. The van der Waals surface area contributed by atoms with Gasteiger partial charge in [0, 0.05) is 12.5 Å². The van der Waals surface area contributed by atoms with Crippen molar-refractivity contribution in [3.05, 3.63) is 36.1 Å². The Balaban J connectivity index is 1.82. The van der Waals surface area contributed by atoms with Crippen molar-refractivity contribution in [2.45, 2.75) is 44.9 Å². The van der Waals surface area contributed by atoms with Crippen LogP contribution in [0, 0.1) is 11.8 Å². The zero-order valence-electron chi connectivity index (χ0n) is 16.1. The third-order valence-electron chi connectivity index (χ3n) is 5.78. The normalized spacial score (nSPS) is 30.5. The molecule has 0 aliphatic carbocycles. The number of hydrogen-bond acceptors (Lipinski definition) is 5. The molecule has 2 N–H and O–H groups in total. The maximum atomic E-state index is 12.4. The third kappa shape index (κ3) is 3.22. The van der Waals surface area contributed by atoms with Crippen LogP contribution in [0.3, 0.4) is 0 Å². The molecule has 2 amide bonds. The molecule has 0 radical (unpaired) electrons. The molecule has 3 rings (SSSR count). The Morgan fingerprint density at radius 1 is 1.43 bits per heavy atom. The number of aliphatic carboxylic acids is 1. The minimum Gasteiger partial charge on any atom is -0.477 e. The monoisotopic (exact) mass is 390 g/mol. The number of allylic oxidation sites excluding steroid dienone is 1. The summed E-state index contributed by atoms with van der Waals surface area (Å²) in [4.78, 5) is 39.2. The maximum absolute atomic E-state index is 12.4. The fourth-order valence-electron chi connectivity index (χ4n) is 4.46. The van der Waals surface area contributed by atoms with Crippen molar-refractivity contribution < 1.29 is 29.3 Å². The molecule has 0 unspecified atom stereocenters. The summed E-state index contributed by atoms with van der Waals surface area (Å²) in [5.41, 5.74) is 0.509. The average molecular weight is 390 g/mol. The smallest absolute Gasteiger partial charge is 0.410 e. The number of amides is 2. The summed E-state index contributed by atoms with van der Waals surface area (Å²) in [6.07, 6.45) is 5.35. The number of nitrogens with zero attached hydrogens (tertiary/aromatic N) is 2. The first-order chi connectivity index (χ1) is 13.3. The molecule has 0 bridgehead atoms. The lowest BCUT2D eigenvalue weighted by Crippen LogP contribution is -2.63. The second kappa shape index (κ2) is 7.79. The van der Waals surface area contributed by atoms with Crippen LogP contribution in [0.1, 0.15) is 26.7 Å². The number of aliphatic hydroxyl groups is 1. The second-order valence-electron chi connectivity index (χ2n) is 7.49. The van der Waals surface area contributed by atoms with Gasteiger partial charge in [-0.15, -0.1) is 0 Å². The van der Waals surface area contributed by atoms with E-state index < -0.39 is 24.1 Å². The SMILES string of the molecule is C=CCOC(=O)N1CCC[C@H]1/C=C/C1=C(C(=O)O)N2C(=O)[C@H]([C@@H](C)O)[C@H]2[C@H]1C. The molecule has 3 heterocycles. The van der Waals surface area contributed by atoms with Crippen molar-refractivity contribution in [3.8, 4) is 0 Å². The second-order valence-corrected chi connectivity index (χ2v) is 7.49. The number of ether oxygens (including phenoxy) is 1. The summed E-state index contributed by atoms with van der Waals surface area (Å²) < 4.78 is 5.10. The molecule has 0 saturated carbocycles. The van der Waals surface area contributed by atoms with Crippen LogP contribution >= 0.6 is 0 Å². The van der Waals surface area contributed by atoms with E-state index in [1.807, 2.05) is 13.0 Å². The minimum atomic E-state index is -1.17. The van der Waals surface area contributed by atoms with E-state index in [1.165, 1.54) is 11.0 Å². The van der Waals surface area contributed by atoms with E-state index in [4.69, 9.17) is 4.74 Å². The van der Waals surface area contributed by atoms with Crippen molar-refractivity contribution in [1.29, 1.82) is 0 Å². The van der Waals surface area contributed by atoms with E-state index in [1.54, 1.807) is 17.9 Å². The number of rotatable bonds is 6. The Morgan fingerprint density at radius 3 is 2.75 bits per heavy atom. The third-order valence-corrected chi connectivity index (χ3v) is 5.78. The van der Waals surface area contributed by atoms with Gasteiger partial charge in [-0.05, 0) is 25.3 Å². The van der Waals surface area contributed by atoms with E-state index in [0.29, 0.717) is 12.1 Å². The zero-order chi connectivity index (χ0) is 20.6. The number of hydrogen-bond donors (Lipinski definition) is 2. The lowest BCUT2D eigenvalue weighted by atomic mass is 9.77. The van der Waals surface area contributed by atoms with Crippen molar-refractivity contribution in [3.63, 3.8) is 0 Å². The molecule has 0 aromatic heterocycles. The van der Waals surface area contributed by atoms with Crippen LogP contribution in [0.5, 0.6) is 0 Å². The van der Waals surface area contributed by atoms with E-state index in [-0.39, 0.29) is 36.2 Å². The molecule has 2 fully saturated rings. The van der Waals surface area contributed by atoms with E-state index in [9.17, 15) is 24.6 Å². The van der Waals surface area contributed by atoms with Crippen molar-refractivity contribution in [2.75, 3.05) is 13.2 Å². The lowest BCUT2D eigenvalue weighted by molar-refractivity contribution is -0.163. The van der Waals surface area contributed by atoms with Gasteiger partial charge in [0.2, 0.25) is 5.91 Å². The number of carboxylic acids is 1. The molecule has 0 aromatic rings. The van der Waals surface area contributed by atoms with Crippen LogP contribution in [-0.2, 0) is 14.3 Å². The Morgan fingerprint density at radius 2 is 2.14 bits per heavy atom. The largest absolute Gasteiger partial charge is 0.477 e. The van der Waals surface area contributed by atoms with Crippen LogP contribution in [0.15, 0.2) is 36.1 Å². The van der Waals surface area contributed by atoms with Gasteiger partial charge in [0.15, 0.2) is 0 Å². The highest BCUT2D eigenvalue weighted by Gasteiger charge is 2.59. The molecular weight excluding hydrogens is 364 g/mol. The number of likely N-dealkylation sites (tertiary alicyclic amines) is 1. The average Bonchev–Trinajstić information content (AvgIpc) is 3.19. The van der Waals surface area contributed by atoms with Gasteiger partial charge in [0.25, 0.3) is 0 Å². The van der Waals surface area contributed by atoms with Crippen LogP contribution in [-0.4, -0.2) is 69.3 Å². The number of fused-ring (bicyclic) bond motifs is 1. The predicted octanol–water partition coefficient (Wildman–Crippen LogP) is 1.53. The van der Waals surface area contributed by atoms with E-state index in [0.717, 1.165) is 12.8 Å². The molecule has 8 heteroatoms. The first kappa shape index (κ1) is 20.1. The highest BCUT2D eigenvalue weighted by atomic mass is 16.6. The fourth-order valence-corrected chi connectivity index (χ4v) is 4.46. The van der Waals surface area contributed by atoms with E-state index in [2.05, 4.69) is 6.58 Å². The molecule has 5 atom stereocenters. The predicted molar refractivity (Wildman–Crippen MR) is 100 cm³/mol. The number of carbonyl (C=O) groups excluding carboxylic acids is 2. The van der Waals surface area contributed by atoms with Crippen molar-refractivity contribution in [1.82, 2.24) is 9.80 Å². The maximum Gasteiger partial charge on any atom is 0.410 e. The highest BCUT2D eigenvalue weighted by Crippen LogP contribution is 2.47. The van der Waals surface area contributed by atoms with Gasteiger partial charge < -0.3 is 24.7 Å². The number of aliphatic hydroxyl groups excluding tert-OH is 1. The number of β-lactam (4-membered cyclic amide) rings is 1. The van der Waals surface area contributed by atoms with Gasteiger partial charge in [0.05, 0.1) is 24.1 Å². The van der Waals surface area contributed by atoms with Crippen LogP contribution in [0.4, 0.5) is 4.79 Å². The minimum absolute atomic E-state index is 0.0329. The van der Waals surface area contributed by atoms with E-state index >= 15 is 0 Å². The van der Waals surface area contributed by atoms with Crippen LogP contribution in [0.25, 0.3) is 0 Å².